The number of rotatable bonds is 5. The second-order valence-corrected chi connectivity index (χ2v) is 7.57. The molecule has 3 rings (SSSR count). The van der Waals surface area contributed by atoms with Gasteiger partial charge in [0, 0.05) is 44.9 Å². The first-order valence-electron chi connectivity index (χ1n) is 8.25. The molecule has 1 aromatic rings. The number of alkyl halides is 1. The van der Waals surface area contributed by atoms with Crippen molar-refractivity contribution in [1.82, 2.24) is 14.8 Å². The average Bonchev–Trinajstić information content (AvgIpc) is 2.97. The number of halogens is 1. The molecule has 5 nitrogen and oxygen atoms in total. The summed E-state index contributed by atoms with van der Waals surface area (Å²) in [5.41, 5.74) is 0.996. The lowest BCUT2D eigenvalue weighted by molar-refractivity contribution is -0.133. The highest BCUT2D eigenvalue weighted by molar-refractivity contribution is 7.13. The number of Topliss-reactive ketones (excluding diaryl/α,β-unsaturated/α-hetero) is 1. The number of carbonyl (C=O) groups excluding carboxylic acids is 2. The highest BCUT2D eigenvalue weighted by atomic mass is 35.5. The summed E-state index contributed by atoms with van der Waals surface area (Å²) in [4.78, 5) is 33.7. The van der Waals surface area contributed by atoms with Crippen molar-refractivity contribution in [3.63, 3.8) is 0 Å². The van der Waals surface area contributed by atoms with Gasteiger partial charge in [-0.05, 0) is 19.3 Å². The summed E-state index contributed by atoms with van der Waals surface area (Å²) in [6, 6.07) is 0. The van der Waals surface area contributed by atoms with Gasteiger partial charge in [-0.15, -0.1) is 22.9 Å². The van der Waals surface area contributed by atoms with Gasteiger partial charge in [-0.2, -0.15) is 0 Å². The number of carbonyl (C=O) groups is 2. The number of fused-ring (bicyclic) bond motifs is 1. The summed E-state index contributed by atoms with van der Waals surface area (Å²) < 4.78 is 0. The van der Waals surface area contributed by atoms with Gasteiger partial charge in [0.15, 0.2) is 5.78 Å². The molecule has 0 radical (unpaired) electrons. The van der Waals surface area contributed by atoms with E-state index in [0.29, 0.717) is 18.7 Å². The third kappa shape index (κ3) is 4.11. The number of amides is 1. The number of aryl methyl sites for hydroxylation is 1. The second-order valence-electron chi connectivity index (χ2n) is 6.11. The Morgan fingerprint density at radius 3 is 2.70 bits per heavy atom. The fourth-order valence-corrected chi connectivity index (χ4v) is 4.36. The van der Waals surface area contributed by atoms with Gasteiger partial charge >= 0.3 is 0 Å². The van der Waals surface area contributed by atoms with Crippen molar-refractivity contribution < 1.29 is 9.59 Å². The first kappa shape index (κ1) is 16.9. The van der Waals surface area contributed by atoms with Gasteiger partial charge in [-0.3, -0.25) is 14.5 Å². The SMILES string of the molecule is O=C1CCCc2nc(CN3CCN(C(=O)CCCCl)CC3)sc21. The molecule has 126 valence electrons. The third-order valence-corrected chi connectivity index (χ3v) is 5.81. The normalized spacial score (nSPS) is 19.0. The van der Waals surface area contributed by atoms with E-state index in [4.69, 9.17) is 11.6 Å². The molecule has 0 N–H and O–H groups in total. The predicted molar refractivity (Wildman–Crippen MR) is 91.2 cm³/mol. The van der Waals surface area contributed by atoms with Crippen LogP contribution in [0.25, 0.3) is 0 Å². The molecule has 2 heterocycles. The Morgan fingerprint density at radius 1 is 1.22 bits per heavy atom. The average molecular weight is 356 g/mol. The lowest BCUT2D eigenvalue weighted by Gasteiger charge is -2.34. The molecule has 1 amide bonds. The van der Waals surface area contributed by atoms with Crippen LogP contribution in [0.5, 0.6) is 0 Å². The van der Waals surface area contributed by atoms with Crippen LogP contribution in [0.4, 0.5) is 0 Å². The molecule has 0 bridgehead atoms. The van der Waals surface area contributed by atoms with Crippen molar-refractivity contribution >= 4 is 34.6 Å². The number of nitrogens with zero attached hydrogens (tertiary/aromatic N) is 3. The van der Waals surface area contributed by atoms with E-state index in [1.54, 1.807) is 11.3 Å². The lowest BCUT2D eigenvalue weighted by atomic mass is 10.0. The summed E-state index contributed by atoms with van der Waals surface area (Å²) >= 11 is 7.20. The van der Waals surface area contributed by atoms with E-state index >= 15 is 0 Å². The molecule has 0 atom stereocenters. The fourth-order valence-electron chi connectivity index (χ4n) is 3.11. The fraction of sp³-hybridized carbons (Fsp3) is 0.688. The smallest absolute Gasteiger partial charge is 0.222 e. The van der Waals surface area contributed by atoms with Gasteiger partial charge < -0.3 is 4.90 Å². The minimum Gasteiger partial charge on any atom is -0.340 e. The molecule has 0 unspecified atom stereocenters. The van der Waals surface area contributed by atoms with E-state index in [9.17, 15) is 9.59 Å². The summed E-state index contributed by atoms with van der Waals surface area (Å²) in [5.74, 6) is 1.00. The van der Waals surface area contributed by atoms with Gasteiger partial charge in [-0.25, -0.2) is 4.98 Å². The number of aromatic nitrogens is 1. The second kappa shape index (κ2) is 7.73. The zero-order chi connectivity index (χ0) is 16.2. The number of thiazole rings is 1. The quantitative estimate of drug-likeness (QED) is 0.761. The van der Waals surface area contributed by atoms with Crippen LogP contribution in [0.15, 0.2) is 0 Å². The van der Waals surface area contributed by atoms with E-state index in [1.165, 1.54) is 0 Å². The highest BCUT2D eigenvalue weighted by Gasteiger charge is 2.25. The minimum absolute atomic E-state index is 0.209. The molecule has 0 saturated carbocycles. The number of piperazine rings is 1. The van der Waals surface area contributed by atoms with Crippen LogP contribution in [0.3, 0.4) is 0 Å². The third-order valence-electron chi connectivity index (χ3n) is 4.42. The molecular formula is C16H22ClN3O2S. The zero-order valence-electron chi connectivity index (χ0n) is 13.2. The van der Waals surface area contributed by atoms with Crippen LogP contribution in [0.2, 0.25) is 0 Å². The molecule has 1 aliphatic heterocycles. The molecule has 1 fully saturated rings. The van der Waals surface area contributed by atoms with E-state index in [-0.39, 0.29) is 11.7 Å². The van der Waals surface area contributed by atoms with Crippen molar-refractivity contribution in [2.75, 3.05) is 32.1 Å². The zero-order valence-corrected chi connectivity index (χ0v) is 14.8. The lowest BCUT2D eigenvalue weighted by Crippen LogP contribution is -2.48. The number of hydrogen-bond donors (Lipinski definition) is 0. The van der Waals surface area contributed by atoms with Crippen LogP contribution in [0.1, 0.15) is 46.1 Å². The molecule has 1 saturated heterocycles. The van der Waals surface area contributed by atoms with Crippen LogP contribution < -0.4 is 0 Å². The van der Waals surface area contributed by atoms with Gasteiger partial charge in [0.25, 0.3) is 0 Å². The minimum atomic E-state index is 0.209. The van der Waals surface area contributed by atoms with E-state index in [2.05, 4.69) is 9.88 Å². The maximum Gasteiger partial charge on any atom is 0.222 e. The van der Waals surface area contributed by atoms with Gasteiger partial charge in [-0.1, -0.05) is 0 Å². The maximum absolute atomic E-state index is 12.0. The van der Waals surface area contributed by atoms with Crippen LogP contribution >= 0.6 is 22.9 Å². The van der Waals surface area contributed by atoms with E-state index < -0.39 is 0 Å². The Balaban J connectivity index is 1.51. The Kier molecular flexibility index (Phi) is 5.67. The first-order valence-corrected chi connectivity index (χ1v) is 9.60. The standard InChI is InChI=1S/C16H22ClN3O2S/c17-6-2-5-15(22)20-9-7-19(8-10-20)11-14-18-12-3-1-4-13(21)16(12)23-14/h1-11H2. The van der Waals surface area contributed by atoms with Crippen LogP contribution in [-0.2, 0) is 17.8 Å². The Bertz CT molecular complexity index is 582. The van der Waals surface area contributed by atoms with Gasteiger partial charge in [0.2, 0.25) is 5.91 Å². The highest BCUT2D eigenvalue weighted by Crippen LogP contribution is 2.27. The van der Waals surface area contributed by atoms with Crippen LogP contribution in [-0.4, -0.2) is 58.5 Å². The number of ketones is 1. The Labute approximate surface area is 145 Å². The summed E-state index contributed by atoms with van der Waals surface area (Å²) in [6.45, 7) is 4.06. The molecule has 0 spiro atoms. The Morgan fingerprint density at radius 2 is 2.00 bits per heavy atom. The van der Waals surface area contributed by atoms with Crippen molar-refractivity contribution in [2.45, 2.75) is 38.6 Å². The molecular weight excluding hydrogens is 334 g/mol. The van der Waals surface area contributed by atoms with Crippen molar-refractivity contribution in [3.8, 4) is 0 Å². The molecule has 1 aromatic heterocycles. The molecule has 1 aliphatic carbocycles. The molecule has 23 heavy (non-hydrogen) atoms. The predicted octanol–water partition coefficient (Wildman–Crippen LogP) is 2.33. The van der Waals surface area contributed by atoms with E-state index in [1.807, 2.05) is 4.90 Å². The van der Waals surface area contributed by atoms with E-state index in [0.717, 1.165) is 67.6 Å². The molecule has 0 aromatic carbocycles. The van der Waals surface area contributed by atoms with Crippen molar-refractivity contribution in [2.24, 2.45) is 0 Å². The summed E-state index contributed by atoms with van der Waals surface area (Å²) in [7, 11) is 0. The maximum atomic E-state index is 12.0. The largest absolute Gasteiger partial charge is 0.340 e. The first-order chi connectivity index (χ1) is 11.2. The monoisotopic (exact) mass is 355 g/mol. The molecule has 2 aliphatic rings. The summed E-state index contributed by atoms with van der Waals surface area (Å²) in [5, 5.41) is 1.03. The topological polar surface area (TPSA) is 53.5 Å². The molecule has 7 heteroatoms. The van der Waals surface area contributed by atoms with Gasteiger partial charge in [0.05, 0.1) is 17.1 Å². The van der Waals surface area contributed by atoms with Crippen molar-refractivity contribution in [1.29, 1.82) is 0 Å². The van der Waals surface area contributed by atoms with Crippen molar-refractivity contribution in [3.05, 3.63) is 15.6 Å². The summed E-state index contributed by atoms with van der Waals surface area (Å²) in [6.07, 6.45) is 3.82. The van der Waals surface area contributed by atoms with Crippen LogP contribution in [0, 0.1) is 0 Å². The Hall–Kier alpha value is -0.980. The number of hydrogen-bond acceptors (Lipinski definition) is 5. The van der Waals surface area contributed by atoms with Gasteiger partial charge in [0.1, 0.15) is 5.01 Å².